The molecule has 0 saturated heterocycles. The first-order valence-electron chi connectivity index (χ1n) is 6.50. The molecule has 2 nitrogen and oxygen atoms in total. The normalized spacial score (nSPS) is 10.5. The highest BCUT2D eigenvalue weighted by molar-refractivity contribution is 9.10. The van der Waals surface area contributed by atoms with Crippen molar-refractivity contribution in [2.45, 2.75) is 13.5 Å². The van der Waals surface area contributed by atoms with Crippen molar-refractivity contribution >= 4 is 45.0 Å². The van der Waals surface area contributed by atoms with Gasteiger partial charge in [-0.3, -0.25) is 4.79 Å². The average molecular weight is 387 g/mol. The highest BCUT2D eigenvalue weighted by Crippen LogP contribution is 2.24. The van der Waals surface area contributed by atoms with E-state index in [-0.39, 0.29) is 5.91 Å². The van der Waals surface area contributed by atoms with Crippen LogP contribution in [0.3, 0.4) is 0 Å². The molecule has 0 unspecified atom stereocenters. The Labute approximate surface area is 142 Å². The molecule has 2 aromatic rings. The summed E-state index contributed by atoms with van der Waals surface area (Å²) in [5, 5.41) is 1.25. The third-order valence-electron chi connectivity index (χ3n) is 3.15. The summed E-state index contributed by atoms with van der Waals surface area (Å²) in [6, 6.07) is 12.7. The first-order valence-corrected chi connectivity index (χ1v) is 8.05. The van der Waals surface area contributed by atoms with Crippen LogP contribution < -0.4 is 0 Å². The summed E-state index contributed by atoms with van der Waals surface area (Å²) < 4.78 is 0.712. The number of hydrogen-bond acceptors (Lipinski definition) is 1. The van der Waals surface area contributed by atoms with E-state index in [9.17, 15) is 4.79 Å². The van der Waals surface area contributed by atoms with E-state index in [1.807, 2.05) is 31.2 Å². The fourth-order valence-corrected chi connectivity index (χ4v) is 2.66. The van der Waals surface area contributed by atoms with Gasteiger partial charge in [-0.15, -0.1) is 0 Å². The van der Waals surface area contributed by atoms with Gasteiger partial charge in [-0.25, -0.2) is 0 Å². The zero-order chi connectivity index (χ0) is 15.4. The monoisotopic (exact) mass is 385 g/mol. The fraction of sp³-hybridized carbons (Fsp3) is 0.188. The standard InChI is InChI=1S/C16H14BrCl2NO/c1-2-20(10-12-5-3-4-6-14(12)18)16(21)11-7-8-15(19)13(17)9-11/h3-9H,2,10H2,1H3. The van der Waals surface area contributed by atoms with E-state index in [4.69, 9.17) is 23.2 Å². The van der Waals surface area contributed by atoms with Crippen molar-refractivity contribution < 1.29 is 4.79 Å². The van der Waals surface area contributed by atoms with Gasteiger partial charge in [0.25, 0.3) is 5.91 Å². The molecule has 0 radical (unpaired) electrons. The topological polar surface area (TPSA) is 20.3 Å². The Bertz CT molecular complexity index is 660. The van der Waals surface area contributed by atoms with Crippen LogP contribution in [-0.2, 0) is 6.54 Å². The minimum Gasteiger partial charge on any atom is -0.335 e. The summed E-state index contributed by atoms with van der Waals surface area (Å²) in [6.07, 6.45) is 0. The zero-order valence-corrected chi connectivity index (χ0v) is 14.5. The van der Waals surface area contributed by atoms with Crippen molar-refractivity contribution in [3.63, 3.8) is 0 Å². The van der Waals surface area contributed by atoms with Gasteiger partial charge in [-0.2, -0.15) is 0 Å². The molecule has 5 heteroatoms. The molecule has 0 heterocycles. The molecule has 0 saturated carbocycles. The number of nitrogens with zero attached hydrogens (tertiary/aromatic N) is 1. The second kappa shape index (κ2) is 7.30. The first kappa shape index (κ1) is 16.3. The summed E-state index contributed by atoms with van der Waals surface area (Å²) >= 11 is 15.5. The molecule has 110 valence electrons. The Morgan fingerprint density at radius 2 is 1.86 bits per heavy atom. The van der Waals surface area contributed by atoms with Gasteiger partial charge in [0.15, 0.2) is 0 Å². The van der Waals surface area contributed by atoms with E-state index in [1.54, 1.807) is 23.1 Å². The first-order chi connectivity index (χ1) is 10.0. The molecule has 2 rings (SSSR count). The van der Waals surface area contributed by atoms with Gasteiger partial charge < -0.3 is 4.90 Å². The Kier molecular flexibility index (Phi) is 5.68. The van der Waals surface area contributed by atoms with Crippen molar-refractivity contribution in [2.75, 3.05) is 6.54 Å². The largest absolute Gasteiger partial charge is 0.335 e. The lowest BCUT2D eigenvalue weighted by atomic mass is 10.1. The SMILES string of the molecule is CCN(Cc1ccccc1Cl)C(=O)c1ccc(Cl)c(Br)c1. The van der Waals surface area contributed by atoms with Crippen LogP contribution in [0.1, 0.15) is 22.8 Å². The Balaban J connectivity index is 2.22. The third kappa shape index (κ3) is 4.00. The molecule has 0 atom stereocenters. The lowest BCUT2D eigenvalue weighted by molar-refractivity contribution is 0.0752. The molecule has 0 spiro atoms. The molecule has 0 aromatic heterocycles. The van der Waals surface area contributed by atoms with Crippen LogP contribution in [0.15, 0.2) is 46.9 Å². The van der Waals surface area contributed by atoms with E-state index in [0.29, 0.717) is 33.2 Å². The van der Waals surface area contributed by atoms with Gasteiger partial charge in [0, 0.05) is 28.1 Å². The van der Waals surface area contributed by atoms with Gasteiger partial charge in [0.2, 0.25) is 0 Å². The van der Waals surface area contributed by atoms with Gasteiger partial charge in [-0.05, 0) is 52.7 Å². The van der Waals surface area contributed by atoms with Gasteiger partial charge >= 0.3 is 0 Å². The highest BCUT2D eigenvalue weighted by atomic mass is 79.9. The molecule has 2 aromatic carbocycles. The summed E-state index contributed by atoms with van der Waals surface area (Å²) in [6.45, 7) is 3.03. The van der Waals surface area contributed by atoms with Crippen molar-refractivity contribution in [1.82, 2.24) is 4.90 Å². The van der Waals surface area contributed by atoms with Crippen LogP contribution in [0, 0.1) is 0 Å². The molecule has 21 heavy (non-hydrogen) atoms. The number of carbonyl (C=O) groups excluding carboxylic acids is 1. The van der Waals surface area contributed by atoms with Gasteiger partial charge in [0.05, 0.1) is 5.02 Å². The van der Waals surface area contributed by atoms with Crippen LogP contribution in [0.5, 0.6) is 0 Å². The molecule has 0 aliphatic rings. The second-order valence-corrected chi connectivity index (χ2v) is 6.21. The van der Waals surface area contributed by atoms with Crippen LogP contribution in [-0.4, -0.2) is 17.4 Å². The maximum absolute atomic E-state index is 12.6. The molecular weight excluding hydrogens is 373 g/mol. The molecule has 0 bridgehead atoms. The van der Waals surface area contributed by atoms with Crippen LogP contribution in [0.2, 0.25) is 10.0 Å². The highest BCUT2D eigenvalue weighted by Gasteiger charge is 2.16. The summed E-state index contributed by atoms with van der Waals surface area (Å²) in [5.41, 5.74) is 1.53. The van der Waals surface area contributed by atoms with E-state index < -0.39 is 0 Å². The van der Waals surface area contributed by atoms with Crippen molar-refractivity contribution in [3.05, 3.63) is 68.1 Å². The molecule has 0 aliphatic heterocycles. The minimum absolute atomic E-state index is 0.0465. The number of hydrogen-bond donors (Lipinski definition) is 0. The van der Waals surface area contributed by atoms with Crippen molar-refractivity contribution in [2.24, 2.45) is 0 Å². The smallest absolute Gasteiger partial charge is 0.254 e. The predicted molar refractivity (Wildman–Crippen MR) is 91.0 cm³/mol. The summed E-state index contributed by atoms with van der Waals surface area (Å²) in [7, 11) is 0. The number of amides is 1. The Morgan fingerprint density at radius 3 is 2.48 bits per heavy atom. The lowest BCUT2D eigenvalue weighted by Gasteiger charge is -2.22. The quantitative estimate of drug-likeness (QED) is 0.687. The van der Waals surface area contributed by atoms with E-state index >= 15 is 0 Å². The Hall–Kier alpha value is -1.03. The van der Waals surface area contributed by atoms with Crippen LogP contribution in [0.25, 0.3) is 0 Å². The Morgan fingerprint density at radius 1 is 1.14 bits per heavy atom. The predicted octanol–water partition coefficient (Wildman–Crippen LogP) is 5.42. The van der Waals surface area contributed by atoms with Gasteiger partial charge in [-0.1, -0.05) is 41.4 Å². The van der Waals surface area contributed by atoms with Crippen molar-refractivity contribution in [1.29, 1.82) is 0 Å². The van der Waals surface area contributed by atoms with E-state index in [1.165, 1.54) is 0 Å². The van der Waals surface area contributed by atoms with E-state index in [2.05, 4.69) is 15.9 Å². The molecule has 0 aliphatic carbocycles. The lowest BCUT2D eigenvalue weighted by Crippen LogP contribution is -2.30. The average Bonchev–Trinajstić information content (AvgIpc) is 2.48. The number of rotatable bonds is 4. The summed E-state index contributed by atoms with van der Waals surface area (Å²) in [4.78, 5) is 14.3. The molecule has 1 amide bonds. The third-order valence-corrected chi connectivity index (χ3v) is 4.74. The van der Waals surface area contributed by atoms with Crippen molar-refractivity contribution in [3.8, 4) is 0 Å². The zero-order valence-electron chi connectivity index (χ0n) is 11.4. The molecule has 0 N–H and O–H groups in total. The number of benzene rings is 2. The minimum atomic E-state index is -0.0465. The maximum Gasteiger partial charge on any atom is 0.254 e. The fourth-order valence-electron chi connectivity index (χ4n) is 1.97. The van der Waals surface area contributed by atoms with E-state index in [0.717, 1.165) is 5.56 Å². The molecule has 0 fully saturated rings. The second-order valence-electron chi connectivity index (χ2n) is 4.54. The number of halogens is 3. The van der Waals surface area contributed by atoms with Crippen LogP contribution in [0.4, 0.5) is 0 Å². The number of carbonyl (C=O) groups is 1. The van der Waals surface area contributed by atoms with Gasteiger partial charge in [0.1, 0.15) is 0 Å². The molecular formula is C16H14BrCl2NO. The maximum atomic E-state index is 12.6. The summed E-state index contributed by atoms with van der Waals surface area (Å²) in [5.74, 6) is -0.0465. The van der Waals surface area contributed by atoms with Crippen LogP contribution >= 0.6 is 39.1 Å².